The Morgan fingerprint density at radius 1 is 1.31 bits per heavy atom. The zero-order valence-electron chi connectivity index (χ0n) is 16.6. The van der Waals surface area contributed by atoms with E-state index >= 15 is 0 Å². The molecule has 6 nitrogen and oxygen atoms in total. The summed E-state index contributed by atoms with van der Waals surface area (Å²) in [6.07, 6.45) is 14.6. The molecule has 0 radical (unpaired) electrons. The zero-order valence-corrected chi connectivity index (χ0v) is 16.6. The van der Waals surface area contributed by atoms with Crippen molar-refractivity contribution in [3.63, 3.8) is 0 Å². The number of anilines is 1. The Kier molecular flexibility index (Phi) is 4.34. The minimum absolute atomic E-state index is 0.0833. The van der Waals surface area contributed by atoms with Crippen LogP contribution >= 0.6 is 0 Å². The number of pyridine rings is 1. The summed E-state index contributed by atoms with van der Waals surface area (Å²) >= 11 is 0. The van der Waals surface area contributed by atoms with E-state index in [4.69, 9.17) is 0 Å². The van der Waals surface area contributed by atoms with Gasteiger partial charge < -0.3 is 10.2 Å². The molecule has 2 aliphatic heterocycles. The van der Waals surface area contributed by atoms with Gasteiger partial charge in [-0.3, -0.25) is 9.48 Å². The summed E-state index contributed by atoms with van der Waals surface area (Å²) in [5.41, 5.74) is 5.72. The maximum atomic E-state index is 12.7. The predicted octanol–water partition coefficient (Wildman–Crippen LogP) is 3.26. The van der Waals surface area contributed by atoms with E-state index in [1.807, 2.05) is 28.9 Å². The highest BCUT2D eigenvalue weighted by atomic mass is 16.2. The average Bonchev–Trinajstić information content (AvgIpc) is 3.40. The van der Waals surface area contributed by atoms with Crippen LogP contribution in [0.2, 0.25) is 0 Å². The normalized spacial score (nSPS) is 23.1. The summed E-state index contributed by atoms with van der Waals surface area (Å²) in [6, 6.07) is 2.10. The molecular formula is C23H25N5O. The SMILES string of the molecule is C=C1CCc2cc(/C=C/C(=O)N3CC4C=C(c5cnn(C)c5)CC4C3)cnc2N1. The van der Waals surface area contributed by atoms with Gasteiger partial charge in [0.25, 0.3) is 0 Å². The van der Waals surface area contributed by atoms with Crippen molar-refractivity contribution < 1.29 is 4.79 Å². The topological polar surface area (TPSA) is 63.1 Å². The first-order valence-corrected chi connectivity index (χ1v) is 10.2. The second kappa shape index (κ2) is 7.03. The second-order valence-electron chi connectivity index (χ2n) is 8.30. The molecule has 29 heavy (non-hydrogen) atoms. The number of amides is 1. The lowest BCUT2D eigenvalue weighted by Gasteiger charge is -2.19. The van der Waals surface area contributed by atoms with Crippen LogP contribution in [0.1, 0.15) is 29.5 Å². The number of carbonyl (C=O) groups excluding carboxylic acids is 1. The first-order valence-electron chi connectivity index (χ1n) is 10.2. The fraction of sp³-hybridized carbons (Fsp3) is 0.348. The molecule has 2 unspecified atom stereocenters. The Labute approximate surface area is 170 Å². The van der Waals surface area contributed by atoms with Gasteiger partial charge in [-0.25, -0.2) is 4.98 Å². The van der Waals surface area contributed by atoms with E-state index in [2.05, 4.69) is 40.3 Å². The third-order valence-corrected chi connectivity index (χ3v) is 6.17. The molecule has 1 N–H and O–H groups in total. The van der Waals surface area contributed by atoms with Crippen molar-refractivity contribution in [2.75, 3.05) is 18.4 Å². The molecule has 0 bridgehead atoms. The Morgan fingerprint density at radius 2 is 2.21 bits per heavy atom. The maximum Gasteiger partial charge on any atom is 0.246 e. The number of carbonyl (C=O) groups is 1. The molecule has 6 heteroatoms. The summed E-state index contributed by atoms with van der Waals surface area (Å²) in [4.78, 5) is 19.1. The zero-order chi connectivity index (χ0) is 20.0. The van der Waals surface area contributed by atoms with Crippen LogP contribution in [-0.2, 0) is 18.3 Å². The number of fused-ring (bicyclic) bond motifs is 2. The number of aromatic nitrogens is 3. The Bertz CT molecular complexity index is 1050. The van der Waals surface area contributed by atoms with Crippen LogP contribution in [0.5, 0.6) is 0 Å². The lowest BCUT2D eigenvalue weighted by Crippen LogP contribution is -2.27. The highest BCUT2D eigenvalue weighted by molar-refractivity contribution is 5.92. The number of hydrogen-bond acceptors (Lipinski definition) is 4. The average molecular weight is 387 g/mol. The van der Waals surface area contributed by atoms with Gasteiger partial charge in [0, 0.05) is 49.9 Å². The summed E-state index contributed by atoms with van der Waals surface area (Å²) in [7, 11) is 1.94. The number of nitrogens with one attached hydrogen (secondary N) is 1. The third-order valence-electron chi connectivity index (χ3n) is 6.17. The van der Waals surface area contributed by atoms with Crippen molar-refractivity contribution in [3.8, 4) is 0 Å². The standard InChI is InChI=1S/C23H25N5O/c1-15-3-5-17-7-16(10-24-23(17)26-15)4-6-22(29)28-13-19-8-18(9-20(19)14-28)21-11-25-27(2)12-21/h4,6-8,10-12,19-20H,1,3,5,9,13-14H2,2H3,(H,24,26)/b6-4+. The van der Waals surface area contributed by atoms with Crippen LogP contribution in [0.3, 0.4) is 0 Å². The van der Waals surface area contributed by atoms with E-state index < -0.39 is 0 Å². The third kappa shape index (κ3) is 3.50. The molecule has 3 aliphatic rings. The van der Waals surface area contributed by atoms with Crippen molar-refractivity contribution in [1.82, 2.24) is 19.7 Å². The number of hydrogen-bond donors (Lipinski definition) is 1. The minimum atomic E-state index is 0.0833. The van der Waals surface area contributed by atoms with E-state index in [0.717, 1.165) is 49.4 Å². The number of likely N-dealkylation sites (tertiary alicyclic amines) is 1. The number of nitrogens with zero attached hydrogens (tertiary/aromatic N) is 4. The molecular weight excluding hydrogens is 362 g/mol. The summed E-state index contributed by atoms with van der Waals surface area (Å²) < 4.78 is 1.84. The monoisotopic (exact) mass is 387 g/mol. The molecule has 1 saturated heterocycles. The summed E-state index contributed by atoms with van der Waals surface area (Å²) in [6.45, 7) is 5.58. The molecule has 1 aliphatic carbocycles. The van der Waals surface area contributed by atoms with Crippen LogP contribution in [0, 0.1) is 11.8 Å². The molecule has 2 aromatic rings. The van der Waals surface area contributed by atoms with Crippen LogP contribution < -0.4 is 5.32 Å². The Hall–Kier alpha value is -3.15. The van der Waals surface area contributed by atoms with Crippen LogP contribution in [-0.4, -0.2) is 38.7 Å². The molecule has 5 rings (SSSR count). The van der Waals surface area contributed by atoms with Gasteiger partial charge in [-0.1, -0.05) is 12.7 Å². The lowest BCUT2D eigenvalue weighted by molar-refractivity contribution is -0.125. The molecule has 1 amide bonds. The van der Waals surface area contributed by atoms with Crippen LogP contribution in [0.25, 0.3) is 11.6 Å². The number of aryl methyl sites for hydroxylation is 2. The first-order chi connectivity index (χ1) is 14.0. The molecule has 4 heterocycles. The van der Waals surface area contributed by atoms with Crippen molar-refractivity contribution in [3.05, 3.63) is 65.8 Å². The molecule has 0 aromatic carbocycles. The fourth-order valence-electron chi connectivity index (χ4n) is 4.60. The molecule has 0 spiro atoms. The van der Waals surface area contributed by atoms with Gasteiger partial charge >= 0.3 is 0 Å². The predicted molar refractivity (Wildman–Crippen MR) is 114 cm³/mol. The van der Waals surface area contributed by atoms with Gasteiger partial charge in [0.15, 0.2) is 0 Å². The van der Waals surface area contributed by atoms with Gasteiger partial charge in [-0.15, -0.1) is 0 Å². The summed E-state index contributed by atoms with van der Waals surface area (Å²) in [5.74, 6) is 1.94. The quantitative estimate of drug-likeness (QED) is 0.821. The van der Waals surface area contributed by atoms with Gasteiger partial charge in [0.2, 0.25) is 5.91 Å². The highest BCUT2D eigenvalue weighted by Crippen LogP contribution is 2.40. The Balaban J connectivity index is 1.23. The van der Waals surface area contributed by atoms with E-state index in [0.29, 0.717) is 11.8 Å². The molecule has 0 saturated carbocycles. The van der Waals surface area contributed by atoms with Crippen LogP contribution in [0.4, 0.5) is 5.82 Å². The maximum absolute atomic E-state index is 12.7. The van der Waals surface area contributed by atoms with Crippen molar-refractivity contribution in [1.29, 1.82) is 0 Å². The van der Waals surface area contributed by atoms with Crippen LogP contribution in [0.15, 0.2) is 49.1 Å². The van der Waals surface area contributed by atoms with Crippen molar-refractivity contribution in [2.24, 2.45) is 18.9 Å². The lowest BCUT2D eigenvalue weighted by atomic mass is 9.99. The Morgan fingerprint density at radius 3 is 3.00 bits per heavy atom. The number of rotatable bonds is 3. The number of allylic oxidation sites excluding steroid dienone is 2. The van der Waals surface area contributed by atoms with Gasteiger partial charge in [0.05, 0.1) is 6.20 Å². The highest BCUT2D eigenvalue weighted by Gasteiger charge is 2.37. The van der Waals surface area contributed by atoms with Gasteiger partial charge in [-0.05, 0) is 59.9 Å². The first kappa shape index (κ1) is 17.9. The molecule has 1 fully saturated rings. The van der Waals surface area contributed by atoms with Crippen molar-refractivity contribution in [2.45, 2.75) is 19.3 Å². The van der Waals surface area contributed by atoms with Gasteiger partial charge in [0.1, 0.15) is 5.82 Å². The smallest absolute Gasteiger partial charge is 0.246 e. The second-order valence-corrected chi connectivity index (χ2v) is 8.30. The van der Waals surface area contributed by atoms with E-state index in [1.54, 1.807) is 12.3 Å². The minimum Gasteiger partial charge on any atom is -0.344 e. The largest absolute Gasteiger partial charge is 0.344 e. The van der Waals surface area contributed by atoms with Gasteiger partial charge in [-0.2, -0.15) is 5.10 Å². The fourth-order valence-corrected chi connectivity index (χ4v) is 4.60. The van der Waals surface area contributed by atoms with E-state index in [9.17, 15) is 4.79 Å². The molecule has 148 valence electrons. The summed E-state index contributed by atoms with van der Waals surface area (Å²) in [5, 5.41) is 7.49. The van der Waals surface area contributed by atoms with Crippen molar-refractivity contribution >= 4 is 23.4 Å². The molecule has 2 aromatic heterocycles. The molecule has 2 atom stereocenters. The van der Waals surface area contributed by atoms with E-state index in [-0.39, 0.29) is 5.91 Å². The van der Waals surface area contributed by atoms with E-state index in [1.165, 1.54) is 16.7 Å².